The highest BCUT2D eigenvalue weighted by Gasteiger charge is 2.30. The summed E-state index contributed by atoms with van der Waals surface area (Å²) in [4.78, 5) is 13.0. The molecule has 0 bridgehead atoms. The van der Waals surface area contributed by atoms with Gasteiger partial charge in [-0.1, -0.05) is 79.9 Å². The zero-order valence-corrected chi connectivity index (χ0v) is 17.3. The van der Waals surface area contributed by atoms with Crippen LogP contribution in [-0.2, 0) is 9.53 Å². The molecule has 2 nitrogen and oxygen atoms in total. The summed E-state index contributed by atoms with van der Waals surface area (Å²) < 4.78 is 6.03. The first-order valence-corrected chi connectivity index (χ1v) is 11.3. The predicted octanol–water partition coefficient (Wildman–Crippen LogP) is 7.05. The Kier molecular flexibility index (Phi) is 6.82. The Balaban J connectivity index is 1.53. The molecule has 0 N–H and O–H groups in total. The van der Waals surface area contributed by atoms with Gasteiger partial charge in [0.05, 0.1) is 5.92 Å². The number of rotatable bonds is 4. The average Bonchev–Trinajstić information content (AvgIpc) is 2.76. The molecule has 0 radical (unpaired) electrons. The van der Waals surface area contributed by atoms with Crippen LogP contribution < -0.4 is 0 Å². The summed E-state index contributed by atoms with van der Waals surface area (Å²) >= 11 is 0. The number of carbonyl (C=O) groups excluding carboxylic acids is 1. The number of hydrogen-bond acceptors (Lipinski definition) is 2. The van der Waals surface area contributed by atoms with Crippen molar-refractivity contribution in [1.29, 1.82) is 0 Å². The highest BCUT2D eigenvalue weighted by atomic mass is 16.5. The highest BCUT2D eigenvalue weighted by Crippen LogP contribution is 2.41. The number of esters is 1. The van der Waals surface area contributed by atoms with Crippen molar-refractivity contribution in [2.75, 3.05) is 0 Å². The zero-order valence-electron chi connectivity index (χ0n) is 17.3. The standard InChI is InChI=1S/C27H32O2/c28-27(29-24-16-10-2-1-3-11-17-24)23-18-19-25(21-12-6-4-7-13-21)26(20-23)22-14-8-5-9-15-22/h4-9,12-15,23-24H,1-3,10-11,16-20H2. The smallest absolute Gasteiger partial charge is 0.309 e. The third-order valence-corrected chi connectivity index (χ3v) is 6.47. The molecule has 152 valence electrons. The van der Waals surface area contributed by atoms with E-state index in [1.54, 1.807) is 0 Å². The quantitative estimate of drug-likeness (QED) is 0.524. The second-order valence-corrected chi connectivity index (χ2v) is 8.53. The van der Waals surface area contributed by atoms with Crippen molar-refractivity contribution >= 4 is 17.1 Å². The van der Waals surface area contributed by atoms with E-state index in [4.69, 9.17) is 4.74 Å². The van der Waals surface area contributed by atoms with Crippen molar-refractivity contribution in [3.05, 3.63) is 71.8 Å². The molecule has 2 heteroatoms. The van der Waals surface area contributed by atoms with Gasteiger partial charge in [0, 0.05) is 0 Å². The molecule has 0 heterocycles. The highest BCUT2D eigenvalue weighted by molar-refractivity contribution is 5.93. The Labute approximate surface area is 175 Å². The lowest BCUT2D eigenvalue weighted by Gasteiger charge is -2.29. The minimum absolute atomic E-state index is 0.0242. The van der Waals surface area contributed by atoms with Gasteiger partial charge in [-0.2, -0.15) is 0 Å². The van der Waals surface area contributed by atoms with Gasteiger partial charge in [0.25, 0.3) is 0 Å². The second-order valence-electron chi connectivity index (χ2n) is 8.53. The Hall–Kier alpha value is -2.35. The number of ether oxygens (including phenoxy) is 1. The molecule has 0 aromatic heterocycles. The SMILES string of the molecule is O=C(OC1CCCCCCC1)C1CCC(c2ccccc2)=C(c2ccccc2)C1. The molecule has 0 spiro atoms. The third-order valence-electron chi connectivity index (χ3n) is 6.47. The summed E-state index contributed by atoms with van der Waals surface area (Å²) in [6.45, 7) is 0. The number of hydrogen-bond donors (Lipinski definition) is 0. The average molecular weight is 389 g/mol. The number of allylic oxidation sites excluding steroid dienone is 2. The van der Waals surface area contributed by atoms with E-state index >= 15 is 0 Å². The van der Waals surface area contributed by atoms with Crippen LogP contribution >= 0.6 is 0 Å². The van der Waals surface area contributed by atoms with Gasteiger partial charge in [-0.05, 0) is 67.2 Å². The monoisotopic (exact) mass is 388 g/mol. The van der Waals surface area contributed by atoms with E-state index in [1.165, 1.54) is 54.4 Å². The van der Waals surface area contributed by atoms with E-state index < -0.39 is 0 Å². The van der Waals surface area contributed by atoms with Gasteiger partial charge in [0.15, 0.2) is 0 Å². The molecule has 1 fully saturated rings. The third kappa shape index (κ3) is 5.18. The maximum Gasteiger partial charge on any atom is 0.309 e. The first-order valence-electron chi connectivity index (χ1n) is 11.3. The van der Waals surface area contributed by atoms with Gasteiger partial charge < -0.3 is 4.74 Å². The van der Waals surface area contributed by atoms with Crippen LogP contribution in [0.2, 0.25) is 0 Å². The lowest BCUT2D eigenvalue weighted by atomic mass is 9.78. The van der Waals surface area contributed by atoms with E-state index in [0.717, 1.165) is 32.1 Å². The largest absolute Gasteiger partial charge is 0.462 e. The summed E-state index contributed by atoms with van der Waals surface area (Å²) in [5.41, 5.74) is 5.20. The lowest BCUT2D eigenvalue weighted by Crippen LogP contribution is -2.27. The van der Waals surface area contributed by atoms with Crippen molar-refractivity contribution in [3.8, 4) is 0 Å². The molecule has 4 rings (SSSR count). The fraction of sp³-hybridized carbons (Fsp3) is 0.444. The lowest BCUT2D eigenvalue weighted by molar-refractivity contribution is -0.155. The normalized spacial score (nSPS) is 21.3. The fourth-order valence-corrected chi connectivity index (χ4v) is 4.83. The minimum atomic E-state index is -0.0249. The van der Waals surface area contributed by atoms with Crippen LogP contribution in [0.5, 0.6) is 0 Å². The topological polar surface area (TPSA) is 26.3 Å². The summed E-state index contributed by atoms with van der Waals surface area (Å²) in [6.07, 6.45) is 11.1. The first-order chi connectivity index (χ1) is 14.3. The molecule has 2 aromatic rings. The summed E-state index contributed by atoms with van der Waals surface area (Å²) in [6, 6.07) is 21.2. The van der Waals surface area contributed by atoms with E-state index in [9.17, 15) is 4.79 Å². The van der Waals surface area contributed by atoms with Crippen molar-refractivity contribution in [3.63, 3.8) is 0 Å². The van der Waals surface area contributed by atoms with Crippen LogP contribution in [0.15, 0.2) is 60.7 Å². The van der Waals surface area contributed by atoms with Crippen LogP contribution in [0.25, 0.3) is 11.1 Å². The van der Waals surface area contributed by atoms with Gasteiger partial charge in [-0.25, -0.2) is 0 Å². The van der Waals surface area contributed by atoms with Crippen LogP contribution in [-0.4, -0.2) is 12.1 Å². The van der Waals surface area contributed by atoms with E-state index in [0.29, 0.717) is 0 Å². The van der Waals surface area contributed by atoms with Gasteiger partial charge in [0.1, 0.15) is 6.10 Å². The summed E-state index contributed by atoms with van der Waals surface area (Å²) in [5.74, 6) is -0.000717. The van der Waals surface area contributed by atoms with Gasteiger partial charge in [0.2, 0.25) is 0 Å². The van der Waals surface area contributed by atoms with E-state index in [-0.39, 0.29) is 18.0 Å². The molecule has 1 atom stereocenters. The Morgan fingerprint density at radius 1 is 0.690 bits per heavy atom. The van der Waals surface area contributed by atoms with Crippen molar-refractivity contribution in [1.82, 2.24) is 0 Å². The second kappa shape index (κ2) is 9.91. The molecule has 2 aliphatic carbocycles. The summed E-state index contributed by atoms with van der Waals surface area (Å²) in [7, 11) is 0. The fourth-order valence-electron chi connectivity index (χ4n) is 4.83. The molecule has 1 saturated carbocycles. The molecule has 0 amide bonds. The van der Waals surface area contributed by atoms with Gasteiger partial charge >= 0.3 is 5.97 Å². The molecule has 1 unspecified atom stereocenters. The molecular weight excluding hydrogens is 356 g/mol. The van der Waals surface area contributed by atoms with Crippen LogP contribution in [0.3, 0.4) is 0 Å². The number of carbonyl (C=O) groups is 1. The van der Waals surface area contributed by atoms with E-state index in [2.05, 4.69) is 60.7 Å². The summed E-state index contributed by atoms with van der Waals surface area (Å²) in [5, 5.41) is 0. The van der Waals surface area contributed by atoms with Crippen molar-refractivity contribution in [2.24, 2.45) is 5.92 Å². The zero-order chi connectivity index (χ0) is 19.9. The number of benzene rings is 2. The molecule has 2 aliphatic rings. The molecule has 0 saturated heterocycles. The van der Waals surface area contributed by atoms with Gasteiger partial charge in [-0.15, -0.1) is 0 Å². The molecule has 2 aromatic carbocycles. The van der Waals surface area contributed by atoms with Crippen LogP contribution in [0, 0.1) is 5.92 Å². The Morgan fingerprint density at radius 3 is 1.86 bits per heavy atom. The Morgan fingerprint density at radius 2 is 1.24 bits per heavy atom. The maximum atomic E-state index is 13.0. The van der Waals surface area contributed by atoms with Crippen molar-refractivity contribution < 1.29 is 9.53 Å². The van der Waals surface area contributed by atoms with Gasteiger partial charge in [-0.3, -0.25) is 4.79 Å². The van der Waals surface area contributed by atoms with Crippen LogP contribution in [0.1, 0.15) is 75.3 Å². The minimum Gasteiger partial charge on any atom is -0.462 e. The predicted molar refractivity (Wildman–Crippen MR) is 119 cm³/mol. The van der Waals surface area contributed by atoms with E-state index in [1.807, 2.05) is 0 Å². The Bertz CT molecular complexity index is 814. The van der Waals surface area contributed by atoms with Crippen LogP contribution in [0.4, 0.5) is 0 Å². The van der Waals surface area contributed by atoms with Crippen molar-refractivity contribution in [2.45, 2.75) is 70.3 Å². The first kappa shape index (κ1) is 19.9. The maximum absolute atomic E-state index is 13.0. The molecule has 29 heavy (non-hydrogen) atoms. The molecular formula is C27H32O2. The molecule has 0 aliphatic heterocycles.